The van der Waals surface area contributed by atoms with E-state index in [1.165, 1.54) is 10.4 Å². The van der Waals surface area contributed by atoms with E-state index in [4.69, 9.17) is 4.74 Å². The number of thiophene rings is 1. The molecule has 2 aromatic heterocycles. The van der Waals surface area contributed by atoms with Crippen molar-refractivity contribution in [1.82, 2.24) is 14.9 Å². The average Bonchev–Trinajstić information content (AvgIpc) is 3.07. The summed E-state index contributed by atoms with van der Waals surface area (Å²) in [4.78, 5) is 40.7. The molecule has 0 bridgehead atoms. The number of piperidine rings is 2. The highest BCUT2D eigenvalue weighted by atomic mass is 32.1. The van der Waals surface area contributed by atoms with Crippen LogP contribution in [0.2, 0.25) is 0 Å². The molecule has 4 rings (SSSR count). The lowest BCUT2D eigenvalue weighted by molar-refractivity contribution is -0.163. The fraction of sp³-hybridized carbons (Fsp3) is 0.652. The second-order valence-corrected chi connectivity index (χ2v) is 10.2. The second-order valence-electron chi connectivity index (χ2n) is 9.01. The van der Waals surface area contributed by atoms with Crippen LogP contribution in [0.4, 0.5) is 5.82 Å². The number of hydrogen-bond donors (Lipinski definition) is 0. The highest BCUT2D eigenvalue weighted by Gasteiger charge is 2.32. The molecular weight excluding hydrogens is 412 g/mol. The predicted octanol–water partition coefficient (Wildman–Crippen LogP) is 3.71. The van der Waals surface area contributed by atoms with Crippen molar-refractivity contribution in [2.75, 3.05) is 31.1 Å². The molecule has 0 aromatic carbocycles. The number of ether oxygens (including phenoxy) is 1. The quantitative estimate of drug-likeness (QED) is 0.669. The zero-order valence-corrected chi connectivity index (χ0v) is 19.7. The van der Waals surface area contributed by atoms with Crippen LogP contribution >= 0.6 is 11.3 Å². The molecule has 4 heterocycles. The van der Waals surface area contributed by atoms with Crippen LogP contribution in [-0.2, 0) is 14.3 Å². The van der Waals surface area contributed by atoms with Gasteiger partial charge in [-0.25, -0.2) is 9.97 Å². The first-order valence-electron chi connectivity index (χ1n) is 11.3. The van der Waals surface area contributed by atoms with Crippen molar-refractivity contribution in [3.63, 3.8) is 0 Å². The van der Waals surface area contributed by atoms with Gasteiger partial charge in [-0.05, 0) is 57.9 Å². The normalized spacial score (nSPS) is 19.6. The van der Waals surface area contributed by atoms with Crippen molar-refractivity contribution in [3.8, 4) is 0 Å². The number of carbonyl (C=O) groups excluding carboxylic acids is 2. The van der Waals surface area contributed by atoms with Crippen LogP contribution in [0.5, 0.6) is 0 Å². The molecule has 0 aliphatic carbocycles. The summed E-state index contributed by atoms with van der Waals surface area (Å²) < 4.78 is 5.59. The Bertz CT molecular complexity index is 959. The zero-order chi connectivity index (χ0) is 22.1. The SMILES string of the molecule is Cc1sc2ncnc(N3CCC(C(=O)O[C@H](C)C(=O)N4CCC(C)CC4)CC3)c2c1C. The molecule has 2 aromatic rings. The molecular formula is C23H32N4O3S. The smallest absolute Gasteiger partial charge is 0.309 e. The van der Waals surface area contributed by atoms with Gasteiger partial charge in [0.1, 0.15) is 17.0 Å². The summed E-state index contributed by atoms with van der Waals surface area (Å²) in [5, 5.41) is 1.13. The number of rotatable bonds is 4. The summed E-state index contributed by atoms with van der Waals surface area (Å²) >= 11 is 1.70. The summed E-state index contributed by atoms with van der Waals surface area (Å²) in [6.45, 7) is 11.1. The Kier molecular flexibility index (Phi) is 6.46. The topological polar surface area (TPSA) is 75.6 Å². The number of aryl methyl sites for hydroxylation is 2. The molecule has 2 saturated heterocycles. The lowest BCUT2D eigenvalue weighted by Crippen LogP contribution is -2.45. The number of hydrogen-bond acceptors (Lipinski definition) is 7. The maximum Gasteiger partial charge on any atom is 0.309 e. The Morgan fingerprint density at radius 3 is 2.45 bits per heavy atom. The van der Waals surface area contributed by atoms with Gasteiger partial charge in [0.15, 0.2) is 6.10 Å². The molecule has 0 saturated carbocycles. The van der Waals surface area contributed by atoms with Crippen molar-refractivity contribution >= 4 is 39.2 Å². The molecule has 31 heavy (non-hydrogen) atoms. The maximum absolute atomic E-state index is 12.7. The van der Waals surface area contributed by atoms with Gasteiger partial charge >= 0.3 is 5.97 Å². The number of amides is 1. The van der Waals surface area contributed by atoms with E-state index in [1.54, 1.807) is 24.6 Å². The lowest BCUT2D eigenvalue weighted by atomic mass is 9.96. The van der Waals surface area contributed by atoms with E-state index in [1.807, 2.05) is 4.90 Å². The highest BCUT2D eigenvalue weighted by molar-refractivity contribution is 7.18. The largest absolute Gasteiger partial charge is 0.452 e. The molecule has 2 fully saturated rings. The molecule has 2 aliphatic heterocycles. The van der Waals surface area contributed by atoms with Crippen LogP contribution in [0.1, 0.15) is 50.0 Å². The Balaban J connectivity index is 1.34. The van der Waals surface area contributed by atoms with Crippen molar-refractivity contribution in [3.05, 3.63) is 16.8 Å². The van der Waals surface area contributed by atoms with Gasteiger partial charge < -0.3 is 14.5 Å². The highest BCUT2D eigenvalue weighted by Crippen LogP contribution is 2.35. The van der Waals surface area contributed by atoms with Gasteiger partial charge in [-0.1, -0.05) is 6.92 Å². The van der Waals surface area contributed by atoms with Gasteiger partial charge in [0.25, 0.3) is 5.91 Å². The monoisotopic (exact) mass is 444 g/mol. The number of likely N-dealkylation sites (tertiary alicyclic amines) is 1. The molecule has 0 unspecified atom stereocenters. The first kappa shape index (κ1) is 22.0. The minimum atomic E-state index is -0.711. The zero-order valence-electron chi connectivity index (χ0n) is 18.9. The Hall–Kier alpha value is -2.22. The maximum atomic E-state index is 12.7. The fourth-order valence-electron chi connectivity index (χ4n) is 4.54. The van der Waals surface area contributed by atoms with Crippen molar-refractivity contribution < 1.29 is 14.3 Å². The molecule has 8 heteroatoms. The second kappa shape index (κ2) is 9.10. The van der Waals surface area contributed by atoms with Gasteiger partial charge in [0, 0.05) is 31.1 Å². The van der Waals surface area contributed by atoms with E-state index in [9.17, 15) is 9.59 Å². The van der Waals surface area contributed by atoms with Crippen LogP contribution in [0.15, 0.2) is 6.33 Å². The van der Waals surface area contributed by atoms with E-state index in [0.29, 0.717) is 18.8 Å². The molecule has 1 amide bonds. The number of aromatic nitrogens is 2. The molecule has 0 N–H and O–H groups in total. The number of esters is 1. The van der Waals surface area contributed by atoms with Gasteiger partial charge in [0.2, 0.25) is 0 Å². The minimum absolute atomic E-state index is 0.0654. The first-order chi connectivity index (χ1) is 14.8. The number of fused-ring (bicyclic) bond motifs is 1. The molecule has 2 aliphatic rings. The van der Waals surface area contributed by atoms with Crippen molar-refractivity contribution in [2.24, 2.45) is 11.8 Å². The Labute approximate surface area is 187 Å². The molecule has 0 spiro atoms. The molecule has 1 atom stereocenters. The van der Waals surface area contributed by atoms with Gasteiger partial charge in [-0.15, -0.1) is 11.3 Å². The fourth-order valence-corrected chi connectivity index (χ4v) is 5.53. The third-order valence-corrected chi connectivity index (χ3v) is 7.92. The third-order valence-electron chi connectivity index (χ3n) is 6.81. The summed E-state index contributed by atoms with van der Waals surface area (Å²) in [5.41, 5.74) is 1.23. The van der Waals surface area contributed by atoms with Gasteiger partial charge in [-0.2, -0.15) is 0 Å². The summed E-state index contributed by atoms with van der Waals surface area (Å²) in [6, 6.07) is 0. The van der Waals surface area contributed by atoms with E-state index in [2.05, 4.69) is 35.6 Å². The number of nitrogens with zero attached hydrogens (tertiary/aromatic N) is 4. The van der Waals surface area contributed by atoms with Gasteiger partial charge in [0.05, 0.1) is 11.3 Å². The molecule has 7 nitrogen and oxygen atoms in total. The lowest BCUT2D eigenvalue weighted by Gasteiger charge is -2.34. The summed E-state index contributed by atoms with van der Waals surface area (Å²) in [6.07, 6.45) is 4.36. The Morgan fingerprint density at radius 2 is 1.77 bits per heavy atom. The van der Waals surface area contributed by atoms with Crippen LogP contribution < -0.4 is 4.90 Å². The van der Waals surface area contributed by atoms with E-state index in [0.717, 1.165) is 55.1 Å². The standard InChI is InChI=1S/C23H32N4O3S/c1-14-5-9-27(10-6-14)22(28)16(3)30-23(29)18-7-11-26(12-8-18)20-19-15(2)17(4)31-21(19)25-13-24-20/h13-14,16,18H,5-12H2,1-4H3/t16-/m1/s1. The van der Waals surface area contributed by atoms with Crippen LogP contribution in [-0.4, -0.2) is 59.0 Å². The molecule has 168 valence electrons. The van der Waals surface area contributed by atoms with E-state index in [-0.39, 0.29) is 17.8 Å². The number of carbonyl (C=O) groups is 2. The van der Waals surface area contributed by atoms with Crippen LogP contribution in [0.3, 0.4) is 0 Å². The first-order valence-corrected chi connectivity index (χ1v) is 12.1. The summed E-state index contributed by atoms with van der Waals surface area (Å²) in [7, 11) is 0. The van der Waals surface area contributed by atoms with Gasteiger partial charge in [-0.3, -0.25) is 9.59 Å². The van der Waals surface area contributed by atoms with Crippen molar-refractivity contribution in [1.29, 1.82) is 0 Å². The third kappa shape index (κ3) is 4.54. The minimum Gasteiger partial charge on any atom is -0.452 e. The number of anilines is 1. The van der Waals surface area contributed by atoms with Crippen LogP contribution in [0, 0.1) is 25.7 Å². The van der Waals surface area contributed by atoms with E-state index >= 15 is 0 Å². The average molecular weight is 445 g/mol. The van der Waals surface area contributed by atoms with Crippen LogP contribution in [0.25, 0.3) is 10.2 Å². The van der Waals surface area contributed by atoms with E-state index < -0.39 is 6.10 Å². The van der Waals surface area contributed by atoms with Crippen molar-refractivity contribution in [2.45, 2.75) is 59.5 Å². The summed E-state index contributed by atoms with van der Waals surface area (Å²) in [5.74, 6) is 1.13. The Morgan fingerprint density at radius 1 is 1.10 bits per heavy atom. The molecule has 0 radical (unpaired) electrons. The predicted molar refractivity (Wildman–Crippen MR) is 122 cm³/mol.